The van der Waals surface area contributed by atoms with Gasteiger partial charge in [-0.3, -0.25) is 19.9 Å². The molecule has 38 heavy (non-hydrogen) atoms. The molecule has 1 aliphatic heterocycles. The topological polar surface area (TPSA) is 147 Å². The molecule has 1 saturated carbocycles. The van der Waals surface area contributed by atoms with Gasteiger partial charge in [0.25, 0.3) is 11.8 Å². The van der Waals surface area contributed by atoms with Gasteiger partial charge < -0.3 is 25.0 Å². The first-order valence-corrected chi connectivity index (χ1v) is 12.1. The highest BCUT2D eigenvalue weighted by Gasteiger charge is 2.48. The molecule has 4 amide bonds. The number of hydrogen-bond donors (Lipinski definition) is 4. The number of aromatic hydroxyl groups is 1. The van der Waals surface area contributed by atoms with E-state index in [1.165, 1.54) is 24.1 Å². The third-order valence-corrected chi connectivity index (χ3v) is 6.89. The molecule has 0 bridgehead atoms. The van der Waals surface area contributed by atoms with E-state index in [1.807, 2.05) is 0 Å². The molecule has 1 saturated heterocycles. The zero-order valence-corrected chi connectivity index (χ0v) is 20.4. The Morgan fingerprint density at radius 1 is 1.16 bits per heavy atom. The molecule has 4 N–H and O–H groups in total. The molecule has 1 aliphatic carbocycles. The van der Waals surface area contributed by atoms with Gasteiger partial charge >= 0.3 is 6.03 Å². The first-order valence-electron chi connectivity index (χ1n) is 12.1. The number of ether oxygens (including phenoxy) is 1. The van der Waals surface area contributed by atoms with Crippen LogP contribution in [-0.4, -0.2) is 50.6 Å². The van der Waals surface area contributed by atoms with Crippen molar-refractivity contribution >= 4 is 28.6 Å². The maximum Gasteiger partial charge on any atom is 0.322 e. The maximum absolute atomic E-state index is 13.1. The Morgan fingerprint density at radius 2 is 1.95 bits per heavy atom. The summed E-state index contributed by atoms with van der Waals surface area (Å²) in [6, 6.07) is 11.9. The molecule has 2 aliphatic rings. The molecule has 6 rings (SSSR count). The van der Waals surface area contributed by atoms with Crippen LogP contribution in [-0.2, 0) is 16.9 Å². The Bertz CT molecular complexity index is 1580. The van der Waals surface area contributed by atoms with Crippen molar-refractivity contribution in [3.05, 3.63) is 72.3 Å². The summed E-state index contributed by atoms with van der Waals surface area (Å²) in [5.41, 5.74) is 0.585. The van der Waals surface area contributed by atoms with Crippen LogP contribution in [0.25, 0.3) is 22.0 Å². The van der Waals surface area contributed by atoms with Crippen molar-refractivity contribution in [2.75, 3.05) is 7.11 Å². The van der Waals surface area contributed by atoms with E-state index in [0.29, 0.717) is 22.4 Å². The maximum atomic E-state index is 13.1. The minimum absolute atomic E-state index is 0.0443. The molecule has 0 spiro atoms. The number of hydrogen-bond acceptors (Lipinski definition) is 7. The third kappa shape index (κ3) is 4.07. The van der Waals surface area contributed by atoms with E-state index in [2.05, 4.69) is 25.9 Å². The van der Waals surface area contributed by atoms with Crippen molar-refractivity contribution in [3.8, 4) is 22.9 Å². The second kappa shape index (κ2) is 8.87. The summed E-state index contributed by atoms with van der Waals surface area (Å²) in [5, 5.41) is 20.2. The number of fused-ring (bicyclic) bond motifs is 1. The van der Waals surface area contributed by atoms with Crippen LogP contribution in [0.15, 0.2) is 61.1 Å². The molecule has 11 nitrogen and oxygen atoms in total. The van der Waals surface area contributed by atoms with E-state index in [9.17, 15) is 19.5 Å². The molecule has 4 aromatic rings. The summed E-state index contributed by atoms with van der Waals surface area (Å²) in [4.78, 5) is 46.1. The predicted molar refractivity (Wildman–Crippen MR) is 136 cm³/mol. The van der Waals surface area contributed by atoms with Crippen LogP contribution in [0.5, 0.6) is 11.6 Å². The molecular formula is C27H24N6O5. The van der Waals surface area contributed by atoms with Gasteiger partial charge in [-0.15, -0.1) is 0 Å². The van der Waals surface area contributed by atoms with E-state index in [-0.39, 0.29) is 30.1 Å². The molecule has 0 radical (unpaired) electrons. The molecule has 0 unspecified atom stereocenters. The zero-order chi connectivity index (χ0) is 26.4. The van der Waals surface area contributed by atoms with Gasteiger partial charge in [-0.2, -0.15) is 0 Å². The standard InChI is InChI=1S/C27H24N6O5/c1-38-19-9-4-16-13-33(24(35)20(16)10-19)14-27(25(36)31-26(37)32-27)17-5-2-15(3-6-17)21-11-29-22(12-28-21)23(34)30-18-7-8-18/h2-6,9-13,18,35H,7-8,14H2,1H3,(H,30,34)(H2,31,32,36,37)/t27-/m0/s1. The number of urea groups is 1. The number of imide groups is 1. The minimum Gasteiger partial charge on any atom is -0.497 e. The van der Waals surface area contributed by atoms with E-state index in [4.69, 9.17) is 4.74 Å². The fourth-order valence-electron chi connectivity index (χ4n) is 4.63. The quantitative estimate of drug-likeness (QED) is 0.278. The van der Waals surface area contributed by atoms with E-state index in [0.717, 1.165) is 23.8 Å². The number of nitrogens with zero attached hydrogens (tertiary/aromatic N) is 3. The normalized spacial score (nSPS) is 18.8. The SMILES string of the molecule is COc1ccc2cn(C[C@@]3(c4ccc(-c5cnc(C(=O)NC6CC6)cn5)cc4)NC(=O)NC3=O)c(O)c2c1. The van der Waals surface area contributed by atoms with Crippen molar-refractivity contribution in [2.24, 2.45) is 0 Å². The molecule has 2 aromatic carbocycles. The molecular weight excluding hydrogens is 488 g/mol. The van der Waals surface area contributed by atoms with Gasteiger partial charge in [0, 0.05) is 28.6 Å². The number of rotatable bonds is 7. The number of benzene rings is 2. The van der Waals surface area contributed by atoms with Crippen molar-refractivity contribution in [1.82, 2.24) is 30.5 Å². The highest BCUT2D eigenvalue weighted by Crippen LogP contribution is 2.35. The van der Waals surface area contributed by atoms with Gasteiger partial charge in [-0.1, -0.05) is 24.3 Å². The largest absolute Gasteiger partial charge is 0.497 e. The highest BCUT2D eigenvalue weighted by atomic mass is 16.5. The monoisotopic (exact) mass is 512 g/mol. The number of nitrogens with one attached hydrogen (secondary N) is 3. The van der Waals surface area contributed by atoms with Gasteiger partial charge in [-0.05, 0) is 36.6 Å². The zero-order valence-electron chi connectivity index (χ0n) is 20.4. The fourth-order valence-corrected chi connectivity index (χ4v) is 4.63. The van der Waals surface area contributed by atoms with Crippen molar-refractivity contribution < 1.29 is 24.2 Å². The van der Waals surface area contributed by atoms with Crippen LogP contribution in [0, 0.1) is 0 Å². The van der Waals surface area contributed by atoms with Crippen LogP contribution in [0.3, 0.4) is 0 Å². The summed E-state index contributed by atoms with van der Waals surface area (Å²) >= 11 is 0. The van der Waals surface area contributed by atoms with Crippen LogP contribution >= 0.6 is 0 Å². The minimum atomic E-state index is -1.46. The molecule has 2 fully saturated rings. The third-order valence-electron chi connectivity index (χ3n) is 6.89. The average Bonchev–Trinajstić information content (AvgIpc) is 3.63. The van der Waals surface area contributed by atoms with Crippen LogP contribution in [0.4, 0.5) is 4.79 Å². The highest BCUT2D eigenvalue weighted by molar-refractivity contribution is 6.07. The second-order valence-electron chi connectivity index (χ2n) is 9.46. The van der Waals surface area contributed by atoms with Gasteiger partial charge in [0.15, 0.2) is 11.4 Å². The number of amides is 4. The summed E-state index contributed by atoms with van der Waals surface area (Å²) in [6.07, 6.45) is 6.64. The lowest BCUT2D eigenvalue weighted by molar-refractivity contribution is -0.124. The average molecular weight is 513 g/mol. The van der Waals surface area contributed by atoms with Crippen molar-refractivity contribution in [2.45, 2.75) is 31.0 Å². The lowest BCUT2D eigenvalue weighted by Crippen LogP contribution is -2.47. The number of carbonyl (C=O) groups excluding carboxylic acids is 3. The fraction of sp³-hybridized carbons (Fsp3) is 0.222. The molecule has 11 heteroatoms. The number of carbonyl (C=O) groups is 3. The van der Waals surface area contributed by atoms with E-state index >= 15 is 0 Å². The summed E-state index contributed by atoms with van der Waals surface area (Å²) in [5.74, 6) is -0.241. The summed E-state index contributed by atoms with van der Waals surface area (Å²) in [6.45, 7) is -0.0443. The first kappa shape index (κ1) is 23.5. The van der Waals surface area contributed by atoms with Gasteiger partial charge in [-0.25, -0.2) is 9.78 Å². The number of methoxy groups -OCH3 is 1. The first-order chi connectivity index (χ1) is 18.4. The Morgan fingerprint density at radius 3 is 2.58 bits per heavy atom. The molecule has 192 valence electrons. The Kier molecular flexibility index (Phi) is 5.48. The predicted octanol–water partition coefficient (Wildman–Crippen LogP) is 2.44. The Hall–Kier alpha value is -4.93. The van der Waals surface area contributed by atoms with Crippen molar-refractivity contribution in [1.29, 1.82) is 0 Å². The molecule has 2 aromatic heterocycles. The second-order valence-corrected chi connectivity index (χ2v) is 9.46. The summed E-state index contributed by atoms with van der Waals surface area (Å²) in [7, 11) is 1.54. The Labute approximate surface area is 216 Å². The van der Waals surface area contributed by atoms with Crippen LogP contribution in [0.2, 0.25) is 0 Å². The van der Waals surface area contributed by atoms with Gasteiger partial charge in [0.2, 0.25) is 0 Å². The van der Waals surface area contributed by atoms with Crippen LogP contribution in [0.1, 0.15) is 28.9 Å². The molecule has 3 heterocycles. The smallest absolute Gasteiger partial charge is 0.322 e. The van der Waals surface area contributed by atoms with Crippen molar-refractivity contribution in [3.63, 3.8) is 0 Å². The lowest BCUT2D eigenvalue weighted by atomic mass is 9.89. The van der Waals surface area contributed by atoms with E-state index < -0.39 is 17.5 Å². The Balaban J connectivity index is 1.30. The lowest BCUT2D eigenvalue weighted by Gasteiger charge is -2.27. The van der Waals surface area contributed by atoms with Crippen LogP contribution < -0.4 is 20.7 Å². The van der Waals surface area contributed by atoms with Gasteiger partial charge in [0.1, 0.15) is 11.4 Å². The number of aromatic nitrogens is 3. The molecule has 1 atom stereocenters. The van der Waals surface area contributed by atoms with E-state index in [1.54, 1.807) is 48.7 Å². The van der Waals surface area contributed by atoms with Gasteiger partial charge in [0.05, 0.1) is 31.7 Å². The summed E-state index contributed by atoms with van der Waals surface area (Å²) < 4.78 is 6.78.